The Labute approximate surface area is 124 Å². The average Bonchev–Trinajstić information content (AvgIpc) is 2.47. The molecule has 0 atom stereocenters. The molecule has 0 saturated carbocycles. The lowest BCUT2D eigenvalue weighted by Crippen LogP contribution is -2.09. The molecule has 0 saturated heterocycles. The van der Waals surface area contributed by atoms with E-state index in [2.05, 4.69) is 0 Å². The van der Waals surface area contributed by atoms with Gasteiger partial charge in [-0.15, -0.1) is 0 Å². The first-order chi connectivity index (χ1) is 9.72. The summed E-state index contributed by atoms with van der Waals surface area (Å²) in [7, 11) is 3.19. The third-order valence-electron chi connectivity index (χ3n) is 2.58. The molecule has 0 amide bonds. The molecule has 0 aromatic heterocycles. The fraction of sp³-hybridized carbons (Fsp3) is 0.571. The summed E-state index contributed by atoms with van der Waals surface area (Å²) in [6, 6.07) is 3.35. The van der Waals surface area contributed by atoms with Gasteiger partial charge in [0.15, 0.2) is 11.5 Å². The van der Waals surface area contributed by atoms with Crippen molar-refractivity contribution in [2.45, 2.75) is 13.0 Å². The zero-order chi connectivity index (χ0) is 14.8. The van der Waals surface area contributed by atoms with E-state index >= 15 is 0 Å². The number of hydrogen-bond acceptors (Lipinski definition) is 5. The van der Waals surface area contributed by atoms with Crippen LogP contribution in [0.15, 0.2) is 12.1 Å². The van der Waals surface area contributed by atoms with Gasteiger partial charge in [-0.05, 0) is 24.1 Å². The highest BCUT2D eigenvalue weighted by Gasteiger charge is 2.11. The molecular weight excluding hydrogens is 284 g/mol. The highest BCUT2D eigenvalue weighted by molar-refractivity contribution is 6.32. The topological polar surface area (TPSA) is 57.2 Å². The lowest BCUT2D eigenvalue weighted by Gasteiger charge is -2.13. The van der Waals surface area contributed by atoms with Gasteiger partial charge in [-0.2, -0.15) is 0 Å². The Hall–Kier alpha value is -1.01. The van der Waals surface area contributed by atoms with Crippen molar-refractivity contribution in [2.75, 3.05) is 40.6 Å². The molecule has 20 heavy (non-hydrogen) atoms. The summed E-state index contributed by atoms with van der Waals surface area (Å²) in [5.41, 5.74) is 0.676. The Morgan fingerprint density at radius 1 is 1.10 bits per heavy atom. The highest BCUT2D eigenvalue weighted by Crippen LogP contribution is 2.36. The Balaban J connectivity index is 2.43. The predicted molar refractivity (Wildman–Crippen MR) is 76.7 cm³/mol. The van der Waals surface area contributed by atoms with Gasteiger partial charge in [0.1, 0.15) is 6.61 Å². The van der Waals surface area contributed by atoms with Crippen molar-refractivity contribution < 1.29 is 24.1 Å². The molecule has 0 radical (unpaired) electrons. The van der Waals surface area contributed by atoms with Gasteiger partial charge in [0.25, 0.3) is 0 Å². The minimum absolute atomic E-state index is 0.0982. The monoisotopic (exact) mass is 304 g/mol. The molecule has 1 aromatic rings. The number of halogens is 1. The van der Waals surface area contributed by atoms with Crippen LogP contribution in [0.5, 0.6) is 11.5 Å². The Kier molecular flexibility index (Phi) is 8.37. The molecular formula is C14H21ClO5. The zero-order valence-corrected chi connectivity index (χ0v) is 12.6. The van der Waals surface area contributed by atoms with Gasteiger partial charge in [0.05, 0.1) is 25.3 Å². The third-order valence-corrected chi connectivity index (χ3v) is 2.86. The van der Waals surface area contributed by atoms with E-state index < -0.39 is 0 Å². The lowest BCUT2D eigenvalue weighted by atomic mass is 10.2. The number of methoxy groups -OCH3 is 2. The van der Waals surface area contributed by atoms with E-state index in [4.69, 9.17) is 35.7 Å². The standard InChI is InChI=1S/C14H21ClO5/c1-17-4-3-5-19-6-7-20-14-12(15)8-11(10-16)9-13(14)18-2/h8-9,16H,3-7,10H2,1-2H3. The van der Waals surface area contributed by atoms with Crippen LogP contribution in [-0.2, 0) is 16.1 Å². The number of rotatable bonds is 10. The summed E-state index contributed by atoms with van der Waals surface area (Å²) in [5.74, 6) is 0.966. The Morgan fingerprint density at radius 3 is 2.55 bits per heavy atom. The molecule has 1 rings (SSSR count). The van der Waals surface area contributed by atoms with Crippen molar-refractivity contribution in [2.24, 2.45) is 0 Å². The summed E-state index contributed by atoms with van der Waals surface area (Å²) in [6.07, 6.45) is 0.853. The van der Waals surface area contributed by atoms with Gasteiger partial charge in [-0.3, -0.25) is 0 Å². The molecule has 0 aliphatic rings. The van der Waals surface area contributed by atoms with Crippen LogP contribution in [0.2, 0.25) is 5.02 Å². The third kappa shape index (κ3) is 5.54. The second kappa shape index (κ2) is 9.83. The van der Waals surface area contributed by atoms with Crippen LogP contribution >= 0.6 is 11.6 Å². The fourth-order valence-corrected chi connectivity index (χ4v) is 1.90. The number of aliphatic hydroxyl groups is 1. The van der Waals surface area contributed by atoms with Gasteiger partial charge in [0.2, 0.25) is 0 Å². The first kappa shape index (κ1) is 17.0. The molecule has 0 aliphatic carbocycles. The van der Waals surface area contributed by atoms with E-state index in [1.54, 1.807) is 19.2 Å². The van der Waals surface area contributed by atoms with Crippen molar-refractivity contribution in [1.82, 2.24) is 0 Å². The Morgan fingerprint density at radius 2 is 1.90 bits per heavy atom. The summed E-state index contributed by atoms with van der Waals surface area (Å²) < 4.78 is 21.1. The highest BCUT2D eigenvalue weighted by atomic mass is 35.5. The number of benzene rings is 1. The molecule has 1 N–H and O–H groups in total. The fourth-order valence-electron chi connectivity index (χ4n) is 1.61. The molecule has 0 bridgehead atoms. The van der Waals surface area contributed by atoms with Crippen molar-refractivity contribution in [3.8, 4) is 11.5 Å². The summed E-state index contributed by atoms with van der Waals surface area (Å²) in [5, 5.41) is 9.51. The van der Waals surface area contributed by atoms with Crippen LogP contribution < -0.4 is 9.47 Å². The van der Waals surface area contributed by atoms with E-state index in [0.717, 1.165) is 6.42 Å². The maximum atomic E-state index is 9.10. The van der Waals surface area contributed by atoms with E-state index in [9.17, 15) is 0 Å². The lowest BCUT2D eigenvalue weighted by molar-refractivity contribution is 0.0799. The molecule has 0 heterocycles. The zero-order valence-electron chi connectivity index (χ0n) is 11.9. The molecule has 0 fully saturated rings. The summed E-state index contributed by atoms with van der Waals surface area (Å²) in [4.78, 5) is 0. The van der Waals surface area contributed by atoms with Gasteiger partial charge in [-0.1, -0.05) is 11.6 Å². The molecule has 0 aliphatic heterocycles. The van der Waals surface area contributed by atoms with Crippen molar-refractivity contribution >= 4 is 11.6 Å². The quantitative estimate of drug-likeness (QED) is 0.672. The second-order valence-corrected chi connectivity index (χ2v) is 4.48. The number of aliphatic hydroxyl groups excluding tert-OH is 1. The van der Waals surface area contributed by atoms with Gasteiger partial charge >= 0.3 is 0 Å². The number of hydrogen-bond donors (Lipinski definition) is 1. The minimum atomic E-state index is -0.0982. The SMILES string of the molecule is COCCCOCCOc1c(Cl)cc(CO)cc1OC. The first-order valence-electron chi connectivity index (χ1n) is 6.39. The van der Waals surface area contributed by atoms with Gasteiger partial charge < -0.3 is 24.1 Å². The van der Waals surface area contributed by atoms with Crippen LogP contribution in [0.4, 0.5) is 0 Å². The van der Waals surface area contributed by atoms with Crippen molar-refractivity contribution in [1.29, 1.82) is 0 Å². The Bertz CT molecular complexity index is 397. The van der Waals surface area contributed by atoms with E-state index in [1.165, 1.54) is 7.11 Å². The smallest absolute Gasteiger partial charge is 0.179 e. The van der Waals surface area contributed by atoms with E-state index in [1.807, 2.05) is 0 Å². The molecule has 1 aromatic carbocycles. The van der Waals surface area contributed by atoms with Crippen LogP contribution in [-0.4, -0.2) is 45.8 Å². The van der Waals surface area contributed by atoms with Gasteiger partial charge in [0, 0.05) is 20.3 Å². The summed E-state index contributed by atoms with van der Waals surface area (Å²) in [6.45, 7) is 2.06. The van der Waals surface area contributed by atoms with E-state index in [-0.39, 0.29) is 6.61 Å². The number of ether oxygens (including phenoxy) is 4. The molecule has 114 valence electrons. The van der Waals surface area contributed by atoms with Crippen LogP contribution in [0.3, 0.4) is 0 Å². The summed E-state index contributed by atoms with van der Waals surface area (Å²) >= 11 is 6.10. The molecule has 5 nitrogen and oxygen atoms in total. The average molecular weight is 305 g/mol. The predicted octanol–water partition coefficient (Wildman–Crippen LogP) is 2.27. The maximum Gasteiger partial charge on any atom is 0.179 e. The molecule has 0 spiro atoms. The first-order valence-corrected chi connectivity index (χ1v) is 6.77. The van der Waals surface area contributed by atoms with Crippen LogP contribution in [0, 0.1) is 0 Å². The maximum absolute atomic E-state index is 9.10. The second-order valence-electron chi connectivity index (χ2n) is 4.07. The normalized spacial score (nSPS) is 10.6. The minimum Gasteiger partial charge on any atom is -0.493 e. The van der Waals surface area contributed by atoms with Crippen LogP contribution in [0.1, 0.15) is 12.0 Å². The van der Waals surface area contributed by atoms with E-state index in [0.29, 0.717) is 48.5 Å². The molecule has 6 heteroatoms. The van der Waals surface area contributed by atoms with Crippen molar-refractivity contribution in [3.05, 3.63) is 22.7 Å². The van der Waals surface area contributed by atoms with Crippen LogP contribution in [0.25, 0.3) is 0 Å². The van der Waals surface area contributed by atoms with Crippen molar-refractivity contribution in [3.63, 3.8) is 0 Å². The molecule has 0 unspecified atom stereocenters. The van der Waals surface area contributed by atoms with Gasteiger partial charge in [-0.25, -0.2) is 0 Å². The largest absolute Gasteiger partial charge is 0.493 e.